The maximum atomic E-state index is 13.5. The first-order chi connectivity index (χ1) is 16.1. The van der Waals surface area contributed by atoms with Crippen LogP contribution in [0.4, 0.5) is 0 Å². The third kappa shape index (κ3) is 4.66. The number of amides is 1. The van der Waals surface area contributed by atoms with E-state index in [-0.39, 0.29) is 17.9 Å². The summed E-state index contributed by atoms with van der Waals surface area (Å²) in [7, 11) is -3.62. The smallest absolute Gasteiger partial charge is 0.243 e. The topological polar surface area (TPSA) is 84.9 Å². The summed E-state index contributed by atoms with van der Waals surface area (Å²) in [6, 6.07) is 7.55. The lowest BCUT2D eigenvalue weighted by Gasteiger charge is -2.32. The average molecular weight is 487 g/mol. The minimum Gasteiger partial charge on any atom is -0.486 e. The van der Waals surface area contributed by atoms with Gasteiger partial charge in [0.05, 0.1) is 10.9 Å². The molecule has 2 aromatic rings. The van der Waals surface area contributed by atoms with Crippen LogP contribution in [0.2, 0.25) is 0 Å². The van der Waals surface area contributed by atoms with Crippen LogP contribution in [0.25, 0.3) is 0 Å². The van der Waals surface area contributed by atoms with E-state index in [1.807, 2.05) is 58.9 Å². The number of carbonyl (C=O) groups is 1. The molecule has 0 saturated carbocycles. The Bertz CT molecular complexity index is 1170. The second-order valence-corrected chi connectivity index (χ2v) is 11.3. The van der Waals surface area contributed by atoms with Crippen molar-refractivity contribution in [2.75, 3.05) is 26.3 Å². The van der Waals surface area contributed by atoms with Gasteiger partial charge in [-0.2, -0.15) is 4.31 Å². The number of rotatable bonds is 5. The lowest BCUT2D eigenvalue weighted by Crippen LogP contribution is -2.43. The van der Waals surface area contributed by atoms with Gasteiger partial charge in [0, 0.05) is 19.0 Å². The van der Waals surface area contributed by atoms with Gasteiger partial charge in [0.25, 0.3) is 0 Å². The predicted molar refractivity (Wildman–Crippen MR) is 131 cm³/mol. The first-order valence-corrected chi connectivity index (χ1v) is 13.3. The number of carbonyl (C=O) groups excluding carboxylic acids is 1. The van der Waals surface area contributed by atoms with Crippen LogP contribution < -0.4 is 14.8 Å². The van der Waals surface area contributed by atoms with E-state index >= 15 is 0 Å². The van der Waals surface area contributed by atoms with Crippen molar-refractivity contribution in [3.63, 3.8) is 0 Å². The van der Waals surface area contributed by atoms with Crippen molar-refractivity contribution >= 4 is 15.9 Å². The van der Waals surface area contributed by atoms with Gasteiger partial charge in [0.2, 0.25) is 15.9 Å². The lowest BCUT2D eigenvalue weighted by molar-refractivity contribution is -0.126. The van der Waals surface area contributed by atoms with Gasteiger partial charge in [0.15, 0.2) is 11.5 Å². The van der Waals surface area contributed by atoms with Crippen molar-refractivity contribution in [2.24, 2.45) is 5.92 Å². The van der Waals surface area contributed by atoms with Crippen molar-refractivity contribution < 1.29 is 22.7 Å². The Morgan fingerprint density at radius 3 is 2.18 bits per heavy atom. The van der Waals surface area contributed by atoms with Gasteiger partial charge in [-0.05, 0) is 87.4 Å². The molecule has 1 amide bonds. The van der Waals surface area contributed by atoms with E-state index < -0.39 is 10.0 Å². The SMILES string of the molecule is Cc1cc(C)c(C)c(S(=O)(=O)N2CCC(C(=O)N[C@@H](C)c3ccc4c(c3)OCCO4)CC2)c1C. The Morgan fingerprint density at radius 1 is 0.971 bits per heavy atom. The molecule has 184 valence electrons. The molecule has 2 aliphatic rings. The first kappa shape index (κ1) is 24.5. The number of benzene rings is 2. The first-order valence-electron chi connectivity index (χ1n) is 11.9. The van der Waals surface area contributed by atoms with Crippen LogP contribution >= 0.6 is 0 Å². The molecule has 2 heterocycles. The second-order valence-electron chi connectivity index (χ2n) is 9.40. The number of nitrogens with zero attached hydrogens (tertiary/aromatic N) is 1. The predicted octanol–water partition coefficient (Wildman–Crippen LogP) is 3.97. The summed E-state index contributed by atoms with van der Waals surface area (Å²) in [5.74, 6) is 1.16. The molecule has 2 aliphatic heterocycles. The quantitative estimate of drug-likeness (QED) is 0.691. The number of aryl methyl sites for hydroxylation is 2. The van der Waals surface area contributed by atoms with Crippen molar-refractivity contribution in [3.05, 3.63) is 52.1 Å². The van der Waals surface area contributed by atoms with Crippen molar-refractivity contribution in [2.45, 2.75) is 58.4 Å². The maximum Gasteiger partial charge on any atom is 0.243 e. The number of ether oxygens (including phenoxy) is 2. The third-order valence-electron chi connectivity index (χ3n) is 7.14. The molecule has 1 atom stereocenters. The molecule has 0 radical (unpaired) electrons. The minimum atomic E-state index is -3.62. The molecule has 0 unspecified atom stereocenters. The van der Waals surface area contributed by atoms with Crippen LogP contribution in [0.5, 0.6) is 11.5 Å². The summed E-state index contributed by atoms with van der Waals surface area (Å²) in [6.07, 6.45) is 1.00. The summed E-state index contributed by atoms with van der Waals surface area (Å²) in [4.78, 5) is 13.4. The van der Waals surface area contributed by atoms with Crippen LogP contribution in [-0.4, -0.2) is 44.9 Å². The molecule has 1 N–H and O–H groups in total. The molecule has 0 bridgehead atoms. The number of piperidine rings is 1. The highest BCUT2D eigenvalue weighted by Crippen LogP contribution is 2.34. The van der Waals surface area contributed by atoms with Crippen LogP contribution in [0, 0.1) is 33.6 Å². The highest BCUT2D eigenvalue weighted by molar-refractivity contribution is 7.89. The summed E-state index contributed by atoms with van der Waals surface area (Å²) in [5, 5.41) is 3.09. The summed E-state index contributed by atoms with van der Waals surface area (Å²) in [6.45, 7) is 11.3. The van der Waals surface area contributed by atoms with Gasteiger partial charge in [0.1, 0.15) is 13.2 Å². The molecular weight excluding hydrogens is 452 g/mol. The van der Waals surface area contributed by atoms with Gasteiger partial charge in [-0.3, -0.25) is 4.79 Å². The van der Waals surface area contributed by atoms with Crippen LogP contribution in [0.3, 0.4) is 0 Å². The molecule has 0 aromatic heterocycles. The number of nitrogens with one attached hydrogen (secondary N) is 1. The standard InChI is InChI=1S/C26H34N2O5S/c1-16-14-17(2)19(4)25(18(16)3)34(30,31)28-10-8-21(9-11-28)26(29)27-20(5)22-6-7-23-24(15-22)33-13-12-32-23/h6-7,14-15,20-21H,8-13H2,1-5H3,(H,27,29)/t20-/m0/s1. The molecular formula is C26H34N2O5S. The highest BCUT2D eigenvalue weighted by Gasteiger charge is 2.34. The zero-order valence-electron chi connectivity index (χ0n) is 20.6. The molecule has 7 nitrogen and oxygen atoms in total. The summed E-state index contributed by atoms with van der Waals surface area (Å²) >= 11 is 0. The molecule has 1 saturated heterocycles. The Morgan fingerprint density at radius 2 is 1.56 bits per heavy atom. The van der Waals surface area contributed by atoms with Gasteiger partial charge in [-0.25, -0.2) is 8.42 Å². The number of fused-ring (bicyclic) bond motifs is 1. The Balaban J connectivity index is 1.40. The molecule has 0 aliphatic carbocycles. The van der Waals surface area contributed by atoms with Crippen LogP contribution in [0.15, 0.2) is 29.2 Å². The maximum absolute atomic E-state index is 13.5. The van der Waals surface area contributed by atoms with E-state index in [0.717, 1.165) is 33.6 Å². The molecule has 4 rings (SSSR count). The summed E-state index contributed by atoms with van der Waals surface area (Å²) in [5.41, 5.74) is 4.50. The lowest BCUT2D eigenvalue weighted by atomic mass is 9.96. The Labute approximate surface area is 202 Å². The largest absolute Gasteiger partial charge is 0.486 e. The number of hydrogen-bond donors (Lipinski definition) is 1. The Hall–Kier alpha value is -2.58. The Kier molecular flexibility index (Phi) is 6.92. The van der Waals surface area contributed by atoms with Crippen molar-refractivity contribution in [3.8, 4) is 11.5 Å². The number of hydrogen-bond acceptors (Lipinski definition) is 5. The van der Waals surface area contributed by atoms with Crippen molar-refractivity contribution in [1.29, 1.82) is 0 Å². The monoisotopic (exact) mass is 486 g/mol. The second kappa shape index (κ2) is 9.58. The minimum absolute atomic E-state index is 0.0433. The zero-order valence-corrected chi connectivity index (χ0v) is 21.4. The van der Waals surface area contributed by atoms with Crippen LogP contribution in [0.1, 0.15) is 53.6 Å². The molecule has 34 heavy (non-hydrogen) atoms. The van der Waals surface area contributed by atoms with E-state index in [1.54, 1.807) is 0 Å². The van der Waals surface area contributed by atoms with Gasteiger partial charge < -0.3 is 14.8 Å². The third-order valence-corrected chi connectivity index (χ3v) is 9.32. The highest BCUT2D eigenvalue weighted by atomic mass is 32.2. The van der Waals surface area contributed by atoms with E-state index in [9.17, 15) is 13.2 Å². The van der Waals surface area contributed by atoms with Gasteiger partial charge in [-0.15, -0.1) is 0 Å². The molecule has 0 spiro atoms. The molecule has 8 heteroatoms. The summed E-state index contributed by atoms with van der Waals surface area (Å²) < 4.78 is 39.7. The van der Waals surface area contributed by atoms with Crippen LogP contribution in [-0.2, 0) is 14.8 Å². The fourth-order valence-electron chi connectivity index (χ4n) is 4.80. The normalized spacial score (nSPS) is 17.9. The van der Waals surface area contributed by atoms with E-state index in [0.29, 0.717) is 49.8 Å². The number of sulfonamides is 1. The average Bonchev–Trinajstić information content (AvgIpc) is 2.82. The van der Waals surface area contributed by atoms with Gasteiger partial charge >= 0.3 is 0 Å². The van der Waals surface area contributed by atoms with Gasteiger partial charge in [-0.1, -0.05) is 12.1 Å². The zero-order chi connectivity index (χ0) is 24.6. The fourth-order valence-corrected chi connectivity index (χ4v) is 6.84. The fraction of sp³-hybridized carbons (Fsp3) is 0.500. The molecule has 2 aromatic carbocycles. The van der Waals surface area contributed by atoms with Crippen molar-refractivity contribution in [1.82, 2.24) is 9.62 Å². The van der Waals surface area contributed by atoms with E-state index in [4.69, 9.17) is 9.47 Å². The van der Waals surface area contributed by atoms with E-state index in [1.165, 1.54) is 4.31 Å². The molecule has 1 fully saturated rings. The van der Waals surface area contributed by atoms with E-state index in [2.05, 4.69) is 5.32 Å².